The summed E-state index contributed by atoms with van der Waals surface area (Å²) >= 11 is -0.172. The fourth-order valence-corrected chi connectivity index (χ4v) is 4.54. The number of nitrogens with one attached hydrogen (secondary N) is 1. The molecule has 0 bridgehead atoms. The van der Waals surface area contributed by atoms with Gasteiger partial charge in [-0.15, -0.1) is 0 Å². The van der Waals surface area contributed by atoms with Gasteiger partial charge in [0.15, 0.2) is 0 Å². The number of Topliss-reactive ketones (excluding diaryl/α,β-unsaturated/α-hetero) is 1. The van der Waals surface area contributed by atoms with E-state index >= 15 is 0 Å². The van der Waals surface area contributed by atoms with Crippen LogP contribution in [0.25, 0.3) is 0 Å². The van der Waals surface area contributed by atoms with Crippen LogP contribution in [0.3, 0.4) is 0 Å². The Morgan fingerprint density at radius 3 is 2.33 bits per heavy atom. The molecular weight excluding hydrogens is 405 g/mol. The van der Waals surface area contributed by atoms with Crippen LogP contribution >= 0.6 is 0 Å². The fraction of sp³-hybridized carbons (Fsp3) is 0.0909. The van der Waals surface area contributed by atoms with Crippen LogP contribution in [-0.2, 0) is 0 Å². The first-order valence-electron chi connectivity index (χ1n) is 8.45. The van der Waals surface area contributed by atoms with Gasteiger partial charge in [0.1, 0.15) is 0 Å². The Bertz CT molecular complexity index is 967. The molecule has 0 fully saturated rings. The van der Waals surface area contributed by atoms with Gasteiger partial charge in [0.25, 0.3) is 0 Å². The SMILES string of the molecule is Cc1ccccc1NC(=O)c1ccccc1[Se]CC(=O)c1ccc(O)cc1. The molecule has 0 unspecified atom stereocenters. The van der Waals surface area contributed by atoms with Crippen molar-refractivity contribution in [2.45, 2.75) is 12.2 Å². The number of carbonyl (C=O) groups excluding carboxylic acids is 2. The van der Waals surface area contributed by atoms with Crippen LogP contribution in [0, 0.1) is 6.92 Å². The molecule has 27 heavy (non-hydrogen) atoms. The number of phenols is 1. The summed E-state index contributed by atoms with van der Waals surface area (Å²) in [5, 5.41) is 12.6. The predicted octanol–water partition coefficient (Wildman–Crippen LogP) is 3.58. The van der Waals surface area contributed by atoms with Gasteiger partial charge < -0.3 is 0 Å². The Kier molecular flexibility index (Phi) is 6.07. The third-order valence-electron chi connectivity index (χ3n) is 4.07. The third-order valence-corrected chi connectivity index (χ3v) is 6.33. The summed E-state index contributed by atoms with van der Waals surface area (Å²) in [6, 6.07) is 21.3. The second kappa shape index (κ2) is 8.67. The van der Waals surface area contributed by atoms with Crippen LogP contribution in [0.15, 0.2) is 72.8 Å². The number of carbonyl (C=O) groups is 2. The molecule has 3 rings (SSSR count). The molecular formula is C22H19NO3Se. The van der Waals surface area contributed by atoms with E-state index in [9.17, 15) is 14.7 Å². The molecule has 3 aromatic carbocycles. The summed E-state index contributed by atoms with van der Waals surface area (Å²) in [6.07, 6.45) is 0. The summed E-state index contributed by atoms with van der Waals surface area (Å²) in [7, 11) is 0. The van der Waals surface area contributed by atoms with Crippen molar-refractivity contribution in [1.29, 1.82) is 0 Å². The van der Waals surface area contributed by atoms with E-state index in [0.717, 1.165) is 15.7 Å². The number of aryl methyl sites for hydroxylation is 1. The third kappa shape index (κ3) is 4.85. The van der Waals surface area contributed by atoms with E-state index in [1.165, 1.54) is 12.1 Å². The van der Waals surface area contributed by atoms with E-state index in [0.29, 0.717) is 16.4 Å². The monoisotopic (exact) mass is 425 g/mol. The van der Waals surface area contributed by atoms with Crippen LogP contribution in [0.4, 0.5) is 5.69 Å². The second-order valence-electron chi connectivity index (χ2n) is 6.02. The van der Waals surface area contributed by atoms with Gasteiger partial charge in [-0.05, 0) is 0 Å². The molecule has 0 saturated carbocycles. The number of anilines is 1. The average molecular weight is 424 g/mol. The van der Waals surface area contributed by atoms with Crippen LogP contribution in [0.1, 0.15) is 26.3 Å². The van der Waals surface area contributed by atoms with Crippen LogP contribution in [0.5, 0.6) is 5.75 Å². The Hall–Kier alpha value is -2.88. The molecule has 0 aliphatic carbocycles. The fourth-order valence-electron chi connectivity index (χ4n) is 2.56. The second-order valence-corrected chi connectivity index (χ2v) is 8.16. The van der Waals surface area contributed by atoms with E-state index < -0.39 is 0 Å². The van der Waals surface area contributed by atoms with E-state index in [-0.39, 0.29) is 32.4 Å². The first-order valence-corrected chi connectivity index (χ1v) is 10.5. The van der Waals surface area contributed by atoms with Gasteiger partial charge >= 0.3 is 164 Å². The van der Waals surface area contributed by atoms with E-state index in [1.807, 2.05) is 49.4 Å². The van der Waals surface area contributed by atoms with Crippen molar-refractivity contribution in [3.8, 4) is 5.75 Å². The van der Waals surface area contributed by atoms with Crippen molar-refractivity contribution >= 4 is 36.8 Å². The van der Waals surface area contributed by atoms with E-state index in [2.05, 4.69) is 5.32 Å². The molecule has 136 valence electrons. The number of benzene rings is 3. The number of phenolic OH excluding ortho intramolecular Hbond substituents is 1. The summed E-state index contributed by atoms with van der Waals surface area (Å²) in [5.74, 6) is -0.0294. The standard InChI is InChI=1S/C22H19NO3Se/c1-15-6-2-4-8-19(15)23-22(26)18-7-3-5-9-21(18)27-14-20(25)16-10-12-17(24)13-11-16/h2-13,24H,14H2,1H3,(H,23,26). The summed E-state index contributed by atoms with van der Waals surface area (Å²) in [5.41, 5.74) is 2.94. The first kappa shape index (κ1) is 18.9. The summed E-state index contributed by atoms with van der Waals surface area (Å²) in [4.78, 5) is 25.1. The molecule has 0 saturated heterocycles. The molecule has 1 amide bonds. The molecule has 0 aromatic heterocycles. The van der Waals surface area contributed by atoms with E-state index in [1.54, 1.807) is 18.2 Å². The molecule has 4 nitrogen and oxygen atoms in total. The molecule has 3 aromatic rings. The number of amides is 1. The van der Waals surface area contributed by atoms with Crippen LogP contribution in [-0.4, -0.2) is 31.8 Å². The normalized spacial score (nSPS) is 10.4. The van der Waals surface area contributed by atoms with Gasteiger partial charge in [0.2, 0.25) is 0 Å². The van der Waals surface area contributed by atoms with Gasteiger partial charge in [0.05, 0.1) is 0 Å². The van der Waals surface area contributed by atoms with Crippen molar-refractivity contribution in [3.63, 3.8) is 0 Å². The maximum absolute atomic E-state index is 12.7. The van der Waals surface area contributed by atoms with Gasteiger partial charge in [-0.25, -0.2) is 0 Å². The van der Waals surface area contributed by atoms with Gasteiger partial charge in [-0.1, -0.05) is 0 Å². The minimum absolute atomic E-state index is 0.00381. The molecule has 0 heterocycles. The van der Waals surface area contributed by atoms with Crippen molar-refractivity contribution < 1.29 is 14.7 Å². The molecule has 0 aliphatic rings. The Morgan fingerprint density at radius 2 is 1.59 bits per heavy atom. The zero-order valence-electron chi connectivity index (χ0n) is 14.8. The molecule has 5 heteroatoms. The predicted molar refractivity (Wildman–Crippen MR) is 108 cm³/mol. The van der Waals surface area contributed by atoms with Gasteiger partial charge in [-0.2, -0.15) is 0 Å². The zero-order valence-corrected chi connectivity index (χ0v) is 16.5. The quantitative estimate of drug-likeness (QED) is 0.470. The van der Waals surface area contributed by atoms with E-state index in [4.69, 9.17) is 0 Å². The van der Waals surface area contributed by atoms with Crippen LogP contribution in [0.2, 0.25) is 5.32 Å². The Labute approximate surface area is 164 Å². The summed E-state index contributed by atoms with van der Waals surface area (Å²) < 4.78 is 0.892. The Balaban J connectivity index is 1.72. The molecule has 2 N–H and O–H groups in total. The number of para-hydroxylation sites is 1. The van der Waals surface area contributed by atoms with Crippen molar-refractivity contribution in [2.24, 2.45) is 0 Å². The number of hydrogen-bond acceptors (Lipinski definition) is 3. The van der Waals surface area contributed by atoms with Crippen molar-refractivity contribution in [3.05, 3.63) is 89.5 Å². The van der Waals surface area contributed by atoms with Crippen molar-refractivity contribution in [2.75, 3.05) is 5.32 Å². The van der Waals surface area contributed by atoms with Gasteiger partial charge in [-0.3, -0.25) is 0 Å². The molecule has 0 atom stereocenters. The minimum atomic E-state index is -0.172. The summed E-state index contributed by atoms with van der Waals surface area (Å²) in [6.45, 7) is 1.95. The van der Waals surface area contributed by atoms with Gasteiger partial charge in [0, 0.05) is 0 Å². The first-order chi connectivity index (χ1) is 13.0. The maximum atomic E-state index is 12.7. The number of hydrogen-bond donors (Lipinski definition) is 2. The number of rotatable bonds is 6. The zero-order chi connectivity index (χ0) is 19.2. The number of ketones is 1. The average Bonchev–Trinajstić information content (AvgIpc) is 2.68. The van der Waals surface area contributed by atoms with Crippen LogP contribution < -0.4 is 9.78 Å². The van der Waals surface area contributed by atoms with Crippen molar-refractivity contribution in [1.82, 2.24) is 0 Å². The molecule has 0 radical (unpaired) electrons. The molecule has 0 spiro atoms. The topological polar surface area (TPSA) is 66.4 Å². The Morgan fingerprint density at radius 1 is 0.926 bits per heavy atom. The number of aromatic hydroxyl groups is 1. The molecule has 0 aliphatic heterocycles.